The Balaban J connectivity index is 2.02. The quantitative estimate of drug-likeness (QED) is 0.284. The summed E-state index contributed by atoms with van der Waals surface area (Å²) in [6.45, 7) is 4.20. The molecular formula is C23H24N2O6S. The van der Waals surface area contributed by atoms with E-state index in [1.807, 2.05) is 26.0 Å². The molecule has 0 aromatic heterocycles. The first kappa shape index (κ1) is 23.1. The number of esters is 1. The van der Waals surface area contributed by atoms with Crippen LogP contribution in [-0.2, 0) is 16.0 Å². The monoisotopic (exact) mass is 456 g/mol. The molecule has 8 nitrogen and oxygen atoms in total. The van der Waals surface area contributed by atoms with Gasteiger partial charge in [-0.25, -0.2) is 13.3 Å². The number of hydrogen-bond donors (Lipinski definition) is 2. The maximum absolute atomic E-state index is 12.5. The van der Waals surface area contributed by atoms with Crippen LogP contribution in [0.3, 0.4) is 0 Å². The molecule has 0 spiro atoms. The zero-order valence-corrected chi connectivity index (χ0v) is 18.7. The average Bonchev–Trinajstić information content (AvgIpc) is 2.77. The highest BCUT2D eigenvalue weighted by atomic mass is 32.2. The molecule has 1 atom stereocenters. The molecule has 0 bridgehead atoms. The summed E-state index contributed by atoms with van der Waals surface area (Å²) in [7, 11) is 1.24. The van der Waals surface area contributed by atoms with Crippen molar-refractivity contribution in [3.05, 3.63) is 71.8 Å². The molecule has 0 saturated carbocycles. The Labute approximate surface area is 188 Å². The fraction of sp³-hybridized carbons (Fsp3) is 0.174. The van der Waals surface area contributed by atoms with E-state index in [2.05, 4.69) is 0 Å². The van der Waals surface area contributed by atoms with Crippen molar-refractivity contribution in [3.8, 4) is 17.2 Å². The molecule has 0 saturated heterocycles. The minimum Gasteiger partial charge on any atom is -0.492 e. The number of carbonyl (C=O) groups excluding carboxylic acids is 1. The van der Waals surface area contributed by atoms with Crippen molar-refractivity contribution in [3.63, 3.8) is 0 Å². The summed E-state index contributed by atoms with van der Waals surface area (Å²) in [5, 5.41) is 0. The van der Waals surface area contributed by atoms with Crippen molar-refractivity contribution in [1.82, 2.24) is 0 Å². The van der Waals surface area contributed by atoms with Crippen LogP contribution in [0.15, 0.2) is 60.7 Å². The van der Waals surface area contributed by atoms with Crippen molar-refractivity contribution in [1.29, 1.82) is 0 Å². The van der Waals surface area contributed by atoms with Gasteiger partial charge in [-0.2, -0.15) is 0 Å². The van der Waals surface area contributed by atoms with E-state index in [0.29, 0.717) is 35.2 Å². The van der Waals surface area contributed by atoms with Crippen LogP contribution in [0.1, 0.15) is 22.8 Å². The van der Waals surface area contributed by atoms with Crippen molar-refractivity contribution < 1.29 is 27.8 Å². The van der Waals surface area contributed by atoms with E-state index < -0.39 is 17.2 Å². The zero-order valence-electron chi connectivity index (χ0n) is 17.9. The number of nitrogen functional groups attached to an aromatic ring is 1. The number of nitrogens with two attached hydrogens (primary N) is 1. The Morgan fingerprint density at radius 2 is 1.72 bits per heavy atom. The molecule has 3 aromatic carbocycles. The fourth-order valence-electron chi connectivity index (χ4n) is 3.02. The Morgan fingerprint density at radius 3 is 2.34 bits per heavy atom. The molecule has 0 heterocycles. The molecule has 32 heavy (non-hydrogen) atoms. The number of aryl methyl sites for hydroxylation is 1. The second kappa shape index (κ2) is 10.2. The second-order valence-corrected chi connectivity index (χ2v) is 7.59. The molecule has 0 aliphatic carbocycles. The van der Waals surface area contributed by atoms with Crippen molar-refractivity contribution in [2.45, 2.75) is 13.8 Å². The van der Waals surface area contributed by atoms with Crippen molar-refractivity contribution in [2.75, 3.05) is 23.8 Å². The van der Waals surface area contributed by atoms with Gasteiger partial charge in [0.05, 0.1) is 36.3 Å². The van der Waals surface area contributed by atoms with E-state index in [1.54, 1.807) is 36.4 Å². The average molecular weight is 457 g/mol. The third-order valence-corrected chi connectivity index (χ3v) is 5.26. The van der Waals surface area contributed by atoms with E-state index in [-0.39, 0.29) is 11.3 Å². The first-order valence-corrected chi connectivity index (χ1v) is 10.8. The Morgan fingerprint density at radius 1 is 1.06 bits per heavy atom. The third kappa shape index (κ3) is 5.19. The van der Waals surface area contributed by atoms with E-state index in [1.165, 1.54) is 19.2 Å². The van der Waals surface area contributed by atoms with Crippen molar-refractivity contribution in [2.24, 2.45) is 0 Å². The van der Waals surface area contributed by atoms with Gasteiger partial charge in [-0.05, 0) is 56.3 Å². The highest BCUT2D eigenvalue weighted by Gasteiger charge is 2.23. The molecule has 168 valence electrons. The Hall–Kier alpha value is -3.56. The maximum atomic E-state index is 12.5. The van der Waals surface area contributed by atoms with Crippen LogP contribution in [-0.4, -0.2) is 28.4 Å². The number of methoxy groups -OCH3 is 1. The summed E-state index contributed by atoms with van der Waals surface area (Å²) in [6, 6.07) is 16.5. The number of rotatable bonds is 8. The van der Waals surface area contributed by atoms with Crippen molar-refractivity contribution >= 4 is 34.3 Å². The Kier molecular flexibility index (Phi) is 7.34. The van der Waals surface area contributed by atoms with Gasteiger partial charge >= 0.3 is 5.97 Å². The number of carbonyl (C=O) groups is 1. The summed E-state index contributed by atoms with van der Waals surface area (Å²) < 4.78 is 39.5. The van der Waals surface area contributed by atoms with Crippen LogP contribution in [0, 0.1) is 6.92 Å². The lowest BCUT2D eigenvalue weighted by molar-refractivity contribution is 0.0601. The first-order chi connectivity index (χ1) is 15.3. The zero-order chi connectivity index (χ0) is 23.3. The van der Waals surface area contributed by atoms with Gasteiger partial charge in [0.15, 0.2) is 0 Å². The number of nitrogens with zero attached hydrogens (tertiary/aromatic N) is 1. The molecular weight excluding hydrogens is 432 g/mol. The third-order valence-electron chi connectivity index (χ3n) is 4.54. The maximum Gasteiger partial charge on any atom is 0.340 e. The van der Waals surface area contributed by atoms with Crippen LogP contribution in [0.2, 0.25) is 0 Å². The normalized spacial score (nSPS) is 11.5. The number of hydrogen-bond acceptors (Lipinski definition) is 6. The van der Waals surface area contributed by atoms with Gasteiger partial charge in [-0.15, -0.1) is 0 Å². The lowest BCUT2D eigenvalue weighted by Crippen LogP contribution is -2.22. The van der Waals surface area contributed by atoms with Gasteiger partial charge in [0.1, 0.15) is 17.2 Å². The topological polar surface area (TPSA) is 111 Å². The molecule has 1 unspecified atom stereocenters. The van der Waals surface area contributed by atoms with Crippen LogP contribution in [0.5, 0.6) is 17.2 Å². The lowest BCUT2D eigenvalue weighted by atomic mass is 10.1. The summed E-state index contributed by atoms with van der Waals surface area (Å²) in [5.41, 5.74) is 8.06. The highest BCUT2D eigenvalue weighted by Crippen LogP contribution is 2.35. The molecule has 3 aromatic rings. The predicted octanol–water partition coefficient (Wildman–Crippen LogP) is 4.83. The second-order valence-electron chi connectivity index (χ2n) is 6.77. The first-order valence-electron chi connectivity index (χ1n) is 9.74. The molecule has 0 radical (unpaired) electrons. The van der Waals surface area contributed by atoms with Gasteiger partial charge in [0, 0.05) is 6.07 Å². The van der Waals surface area contributed by atoms with E-state index >= 15 is 0 Å². The van der Waals surface area contributed by atoms with Crippen LogP contribution in [0.25, 0.3) is 0 Å². The van der Waals surface area contributed by atoms with Crippen LogP contribution in [0.4, 0.5) is 17.1 Å². The molecule has 3 N–H and O–H groups in total. The van der Waals surface area contributed by atoms with E-state index in [9.17, 15) is 13.6 Å². The van der Waals surface area contributed by atoms with Gasteiger partial charge in [0.2, 0.25) is 0 Å². The summed E-state index contributed by atoms with van der Waals surface area (Å²) in [6.07, 6.45) is 0. The predicted molar refractivity (Wildman–Crippen MR) is 124 cm³/mol. The minimum absolute atomic E-state index is 0.0634. The molecule has 3 rings (SSSR count). The van der Waals surface area contributed by atoms with Gasteiger partial charge < -0.3 is 19.9 Å². The standard InChI is InChI=1S/C23H24N2O6S/c1-4-30-22-14-18(9-11-20(22)24)31-17-10-12-21(19(13-17)23(26)29-3)25(32(27)28)16-7-5-15(2)6-8-16/h5-14H,4,24H2,1-3H3,(H,27,28). The van der Waals surface area contributed by atoms with E-state index in [4.69, 9.17) is 19.9 Å². The smallest absolute Gasteiger partial charge is 0.340 e. The molecule has 0 fully saturated rings. The van der Waals surface area contributed by atoms with Gasteiger partial charge in [-0.3, -0.25) is 4.55 Å². The SMILES string of the molecule is CCOc1cc(Oc2ccc(N(c3ccc(C)cc3)S(=O)O)c(C(=O)OC)c2)ccc1N. The van der Waals surface area contributed by atoms with E-state index in [0.717, 1.165) is 9.87 Å². The summed E-state index contributed by atoms with van der Waals surface area (Å²) in [5.74, 6) is 0.581. The van der Waals surface area contributed by atoms with Crippen LogP contribution < -0.4 is 19.5 Å². The number of benzene rings is 3. The summed E-state index contributed by atoms with van der Waals surface area (Å²) in [4.78, 5) is 12.5. The highest BCUT2D eigenvalue weighted by molar-refractivity contribution is 7.81. The molecule has 9 heteroatoms. The molecule has 0 amide bonds. The van der Waals surface area contributed by atoms with Gasteiger partial charge in [0.25, 0.3) is 11.3 Å². The fourth-order valence-corrected chi connectivity index (χ4v) is 3.65. The Bertz CT molecular complexity index is 1130. The number of ether oxygens (including phenoxy) is 3. The molecule has 0 aliphatic rings. The molecule has 0 aliphatic heterocycles. The summed E-state index contributed by atoms with van der Waals surface area (Å²) >= 11 is -2.44. The van der Waals surface area contributed by atoms with Crippen LogP contribution >= 0.6 is 0 Å². The largest absolute Gasteiger partial charge is 0.492 e. The van der Waals surface area contributed by atoms with Gasteiger partial charge in [-0.1, -0.05) is 17.7 Å². The minimum atomic E-state index is -2.44. The lowest BCUT2D eigenvalue weighted by Gasteiger charge is -2.23. The number of anilines is 3.